The molecule has 3 heterocycles. The highest BCUT2D eigenvalue weighted by atomic mass is 35.5. The Morgan fingerprint density at radius 2 is 1.68 bits per heavy atom. The van der Waals surface area contributed by atoms with Gasteiger partial charge in [0.2, 0.25) is 16.5 Å². The minimum absolute atomic E-state index is 0.0161. The van der Waals surface area contributed by atoms with Gasteiger partial charge < -0.3 is 8.92 Å². The van der Waals surface area contributed by atoms with E-state index in [1.807, 2.05) is 6.92 Å². The molecule has 1 aliphatic rings. The molecule has 2 aromatic heterocycles. The first-order valence-corrected chi connectivity index (χ1v) is 20.0. The highest BCUT2D eigenvalue weighted by molar-refractivity contribution is 8.00. The lowest BCUT2D eigenvalue weighted by atomic mass is 10.0. The van der Waals surface area contributed by atoms with Gasteiger partial charge in [0, 0.05) is 35.6 Å². The number of fused-ring (bicyclic) bond motifs is 1. The van der Waals surface area contributed by atoms with Crippen LogP contribution in [0.4, 0.5) is 10.1 Å². The summed E-state index contributed by atoms with van der Waals surface area (Å²) in [6.07, 6.45) is 1.90. The third kappa shape index (κ3) is 9.42. The molecule has 0 amide bonds. The second-order valence-electron chi connectivity index (χ2n) is 11.5. The van der Waals surface area contributed by atoms with Crippen molar-refractivity contribution >= 4 is 85.5 Å². The molecule has 6 rings (SSSR count). The summed E-state index contributed by atoms with van der Waals surface area (Å²) in [5.41, 5.74) is 1.48. The van der Waals surface area contributed by atoms with E-state index < -0.39 is 27.7 Å². The van der Waals surface area contributed by atoms with Gasteiger partial charge in [-0.3, -0.25) is 19.1 Å². The first-order valence-electron chi connectivity index (χ1n) is 15.7. The van der Waals surface area contributed by atoms with E-state index in [2.05, 4.69) is 14.8 Å². The van der Waals surface area contributed by atoms with Gasteiger partial charge in [-0.1, -0.05) is 52.5 Å². The van der Waals surface area contributed by atoms with Crippen molar-refractivity contribution in [3.63, 3.8) is 0 Å². The molecule has 0 saturated heterocycles. The number of esters is 1. The summed E-state index contributed by atoms with van der Waals surface area (Å²) in [6, 6.07) is 13.3. The van der Waals surface area contributed by atoms with E-state index in [9.17, 15) is 27.2 Å². The summed E-state index contributed by atoms with van der Waals surface area (Å²) < 4.78 is 54.1. The Morgan fingerprint density at radius 1 is 1.00 bits per heavy atom. The highest BCUT2D eigenvalue weighted by Crippen LogP contribution is 2.34. The second-order valence-corrected chi connectivity index (χ2v) is 16.2. The molecule has 0 atom stereocenters. The molecule has 280 valence electrons. The number of halogens is 4. The normalized spacial score (nSPS) is 12.9. The molecule has 3 aromatic carbocycles. The average molecular weight is 843 g/mol. The largest absolute Gasteiger partial charge is 0.468 e. The number of aromatic nitrogens is 4. The Bertz CT molecular complexity index is 2440. The van der Waals surface area contributed by atoms with Gasteiger partial charge in [-0.25, -0.2) is 18.7 Å². The van der Waals surface area contributed by atoms with E-state index in [0.717, 1.165) is 47.6 Å². The maximum Gasteiger partial charge on any atom is 0.340 e. The van der Waals surface area contributed by atoms with Crippen molar-refractivity contribution in [3.8, 4) is 5.88 Å². The fourth-order valence-electron chi connectivity index (χ4n) is 5.09. The van der Waals surface area contributed by atoms with Gasteiger partial charge in [-0.15, -0.1) is 11.8 Å². The quantitative estimate of drug-likeness (QED) is 0.0655. The van der Waals surface area contributed by atoms with Crippen molar-refractivity contribution in [1.82, 2.24) is 19.1 Å². The van der Waals surface area contributed by atoms with E-state index in [4.69, 9.17) is 39.0 Å². The minimum atomic E-state index is -4.16. The lowest BCUT2D eigenvalue weighted by Gasteiger charge is -2.15. The van der Waals surface area contributed by atoms with Crippen LogP contribution in [0.25, 0.3) is 0 Å². The van der Waals surface area contributed by atoms with Crippen LogP contribution in [-0.2, 0) is 39.8 Å². The summed E-state index contributed by atoms with van der Waals surface area (Å²) in [7, 11) is -1.37. The smallest absolute Gasteiger partial charge is 0.340 e. The molecule has 1 aliphatic heterocycles. The van der Waals surface area contributed by atoms with Crippen molar-refractivity contribution in [2.24, 2.45) is 12.0 Å². The van der Waals surface area contributed by atoms with E-state index in [1.165, 1.54) is 55.2 Å². The third-order valence-electron chi connectivity index (χ3n) is 7.75. The van der Waals surface area contributed by atoms with Gasteiger partial charge in [0.25, 0.3) is 0 Å². The maximum absolute atomic E-state index is 14.3. The van der Waals surface area contributed by atoms with Crippen LogP contribution in [0.2, 0.25) is 15.1 Å². The van der Waals surface area contributed by atoms with Crippen molar-refractivity contribution in [2.75, 3.05) is 12.9 Å². The number of ketones is 1. The summed E-state index contributed by atoms with van der Waals surface area (Å²) in [4.78, 5) is 41.5. The molecule has 0 bridgehead atoms. The number of carbonyl (C=O) groups is 2. The van der Waals surface area contributed by atoms with Crippen molar-refractivity contribution in [3.05, 3.63) is 112 Å². The Hall–Kier alpha value is -3.93. The predicted octanol–water partition coefficient (Wildman–Crippen LogP) is 7.14. The molecule has 0 N–H and O–H groups in total. The Labute approximate surface area is 326 Å². The predicted molar refractivity (Wildman–Crippen MR) is 202 cm³/mol. The van der Waals surface area contributed by atoms with Crippen LogP contribution in [0.5, 0.6) is 5.88 Å². The lowest BCUT2D eigenvalue weighted by molar-refractivity contribution is -0.137. The molecule has 0 fully saturated rings. The number of benzene rings is 3. The average Bonchev–Trinajstić information content (AvgIpc) is 3.58. The topological polar surface area (TPSA) is 144 Å². The summed E-state index contributed by atoms with van der Waals surface area (Å²) in [5.74, 6) is -1.62. The number of hydrogen-bond acceptors (Lipinski definition) is 11. The molecule has 12 nitrogen and oxygen atoms in total. The number of rotatable bonds is 9. The van der Waals surface area contributed by atoms with Gasteiger partial charge in [0.15, 0.2) is 0 Å². The lowest BCUT2D eigenvalue weighted by Crippen LogP contribution is -2.31. The molecule has 0 saturated carbocycles. The van der Waals surface area contributed by atoms with Gasteiger partial charge in [0.1, 0.15) is 22.0 Å². The molecule has 19 heteroatoms. The Kier molecular flexibility index (Phi) is 12.9. The van der Waals surface area contributed by atoms with Gasteiger partial charge >= 0.3 is 21.0 Å². The van der Waals surface area contributed by atoms with Crippen LogP contribution in [0.1, 0.15) is 40.0 Å². The molecular formula is C34H31Cl3FN5O7S3. The first kappa shape index (κ1) is 40.3. The Morgan fingerprint density at radius 3 is 2.34 bits per heavy atom. The van der Waals surface area contributed by atoms with Gasteiger partial charge in [-0.2, -0.15) is 13.5 Å². The molecule has 5 aromatic rings. The van der Waals surface area contributed by atoms with E-state index in [-0.39, 0.29) is 48.3 Å². The fraction of sp³-hybridized carbons (Fsp3) is 0.265. The number of aryl methyl sites for hydroxylation is 3. The number of methoxy groups -OCH3 is 1. The zero-order valence-electron chi connectivity index (χ0n) is 28.6. The zero-order chi connectivity index (χ0) is 38.6. The molecule has 0 radical (unpaired) electrons. The number of carbonyl (C=O) groups excluding carboxylic acids is 2. The molecule has 0 unspecified atom stereocenters. The van der Waals surface area contributed by atoms with Crippen LogP contribution in [0, 0.1) is 19.7 Å². The van der Waals surface area contributed by atoms with Gasteiger partial charge in [0.05, 0.1) is 28.6 Å². The van der Waals surface area contributed by atoms with Crippen molar-refractivity contribution in [2.45, 2.75) is 49.6 Å². The van der Waals surface area contributed by atoms with Crippen LogP contribution >= 0.6 is 57.9 Å². The van der Waals surface area contributed by atoms with Crippen LogP contribution in [-0.4, -0.2) is 52.2 Å². The number of hydrogen-bond donors (Lipinski definition) is 0. The third-order valence-corrected chi connectivity index (χ3v) is 11.9. The monoisotopic (exact) mass is 841 g/mol. The second kappa shape index (κ2) is 17.0. The summed E-state index contributed by atoms with van der Waals surface area (Å²) in [5, 5.41) is 4.86. The molecular weight excluding hydrogens is 812 g/mol. The molecule has 0 spiro atoms. The van der Waals surface area contributed by atoms with E-state index in [0.29, 0.717) is 33.5 Å². The number of thioether (sulfide) groups is 1. The Balaban J connectivity index is 0.000000206. The van der Waals surface area contributed by atoms with Crippen LogP contribution in [0.15, 0.2) is 74.2 Å². The van der Waals surface area contributed by atoms with E-state index in [1.54, 1.807) is 28.4 Å². The highest BCUT2D eigenvalue weighted by Gasteiger charge is 2.29. The molecule has 53 heavy (non-hydrogen) atoms. The van der Waals surface area contributed by atoms with Crippen molar-refractivity contribution in [1.29, 1.82) is 0 Å². The fourth-order valence-corrected chi connectivity index (χ4v) is 8.54. The summed E-state index contributed by atoms with van der Waals surface area (Å²) in [6.45, 7) is 4.75. The number of ether oxygens (including phenoxy) is 1. The van der Waals surface area contributed by atoms with Crippen LogP contribution < -0.4 is 13.9 Å². The maximum atomic E-state index is 14.3. The van der Waals surface area contributed by atoms with Crippen molar-refractivity contribution < 1.29 is 31.3 Å². The SMILES string of the molecule is COC(=O)CSc1cc(N=c2sc(=O)n3n2CCCC3)c(F)cc1Cl.Cc1ccc(S(=O)(=O)Oc2c(C(=O)c3ccc(Cl)cc3Cl)c(C)nn2C)cc1. The standard InChI is InChI=1S/C19H16Cl2N2O4S.C15H15ClFN3O3S2/c1-11-4-7-14(8-5-11)28(25,26)27-19-17(12(2)22-23(19)3)18(24)15-9-6-13(20)10-16(15)21;1-23-13(21)8-24-12-7-11(10(17)6-9(12)16)18-14-19-4-2-3-5-20(19)15(22)25-14/h4-10H,1-3H3;6-7H,2-5,8H2,1H3. The minimum Gasteiger partial charge on any atom is -0.468 e. The summed E-state index contributed by atoms with van der Waals surface area (Å²) >= 11 is 20.2. The molecule has 0 aliphatic carbocycles. The van der Waals surface area contributed by atoms with Crippen LogP contribution in [0.3, 0.4) is 0 Å². The first-order chi connectivity index (χ1) is 25.1. The zero-order valence-corrected chi connectivity index (χ0v) is 33.3. The number of nitrogens with zero attached hydrogens (tertiary/aromatic N) is 5. The van der Waals surface area contributed by atoms with E-state index >= 15 is 0 Å². The van der Waals surface area contributed by atoms with Gasteiger partial charge in [-0.05, 0) is 80.5 Å².